The number of ether oxygens (including phenoxy) is 5. The zero-order chi connectivity index (χ0) is 28.3. The number of aryl methyl sites for hydroxylation is 1. The van der Waals surface area contributed by atoms with Crippen LogP contribution in [-0.2, 0) is 4.74 Å². The van der Waals surface area contributed by atoms with Crippen LogP contribution < -0.4 is 18.9 Å². The van der Waals surface area contributed by atoms with Crippen LogP contribution in [0.1, 0.15) is 19.5 Å². The molecule has 0 unspecified atom stereocenters. The monoisotopic (exact) mass is 561 g/mol. The summed E-state index contributed by atoms with van der Waals surface area (Å²) in [5.41, 5.74) is 2.25. The summed E-state index contributed by atoms with van der Waals surface area (Å²) in [6, 6.07) is 15.1. The molecule has 0 atom stereocenters. The van der Waals surface area contributed by atoms with Crippen LogP contribution in [0.5, 0.6) is 28.7 Å². The fourth-order valence-corrected chi connectivity index (χ4v) is 4.03. The van der Waals surface area contributed by atoms with Crippen molar-refractivity contribution in [1.82, 2.24) is 4.98 Å². The van der Waals surface area contributed by atoms with Crippen molar-refractivity contribution in [2.45, 2.75) is 33.2 Å². The number of hydrogen-bond donors (Lipinski definition) is 0. The third kappa shape index (κ3) is 6.83. The summed E-state index contributed by atoms with van der Waals surface area (Å²) in [6.45, 7) is 5.18. The Kier molecular flexibility index (Phi) is 8.06. The van der Waals surface area contributed by atoms with Gasteiger partial charge in [0.15, 0.2) is 5.75 Å². The molecule has 0 aliphatic heterocycles. The van der Waals surface area contributed by atoms with E-state index in [1.54, 1.807) is 57.2 Å². The van der Waals surface area contributed by atoms with E-state index in [1.807, 2.05) is 0 Å². The van der Waals surface area contributed by atoms with Crippen LogP contribution in [0.2, 0.25) is 5.02 Å². The molecule has 0 saturated carbocycles. The molecular weight excluding hydrogens is 539 g/mol. The van der Waals surface area contributed by atoms with E-state index in [4.69, 9.17) is 30.5 Å². The van der Waals surface area contributed by atoms with Crippen LogP contribution in [-0.4, -0.2) is 30.7 Å². The molecule has 0 radical (unpaired) electrons. The number of nitrogens with zero attached hydrogens (tertiary/aromatic N) is 1. The molecule has 204 valence electrons. The normalized spacial score (nSPS) is 11.4. The summed E-state index contributed by atoms with van der Waals surface area (Å²) in [6.07, 6.45) is -6.06. The third-order valence-electron chi connectivity index (χ3n) is 5.35. The van der Waals surface area contributed by atoms with Crippen molar-refractivity contribution in [3.63, 3.8) is 0 Å². The van der Waals surface area contributed by atoms with Gasteiger partial charge in [-0.3, -0.25) is 4.98 Å². The highest BCUT2D eigenvalue weighted by Gasteiger charge is 2.31. The number of halogens is 4. The van der Waals surface area contributed by atoms with E-state index >= 15 is 0 Å². The summed E-state index contributed by atoms with van der Waals surface area (Å²) in [4.78, 5) is 17.2. The Bertz CT molecular complexity index is 1490. The van der Waals surface area contributed by atoms with Gasteiger partial charge in [0.1, 0.15) is 23.0 Å². The summed E-state index contributed by atoms with van der Waals surface area (Å²) in [5, 5.41) is 0.780. The minimum atomic E-state index is -4.78. The highest BCUT2D eigenvalue weighted by atomic mass is 35.5. The molecule has 0 aliphatic carbocycles. The predicted octanol–water partition coefficient (Wildman–Crippen LogP) is 8.49. The maximum absolute atomic E-state index is 12.5. The Morgan fingerprint density at radius 3 is 2.10 bits per heavy atom. The van der Waals surface area contributed by atoms with Crippen molar-refractivity contribution in [2.75, 3.05) is 7.11 Å². The first-order valence-corrected chi connectivity index (χ1v) is 12.0. The highest BCUT2D eigenvalue weighted by Crippen LogP contribution is 2.42. The summed E-state index contributed by atoms with van der Waals surface area (Å²) < 4.78 is 62.9. The third-order valence-corrected chi connectivity index (χ3v) is 5.64. The van der Waals surface area contributed by atoms with Gasteiger partial charge in [-0.25, -0.2) is 4.79 Å². The van der Waals surface area contributed by atoms with Crippen LogP contribution >= 0.6 is 11.6 Å². The summed E-state index contributed by atoms with van der Waals surface area (Å²) >= 11 is 6.37. The molecule has 0 bridgehead atoms. The van der Waals surface area contributed by atoms with E-state index in [0.29, 0.717) is 50.0 Å². The second-order valence-corrected chi connectivity index (χ2v) is 8.98. The van der Waals surface area contributed by atoms with Gasteiger partial charge in [0, 0.05) is 22.7 Å². The molecule has 0 fully saturated rings. The van der Waals surface area contributed by atoms with E-state index in [2.05, 4.69) is 9.72 Å². The number of benzene rings is 3. The van der Waals surface area contributed by atoms with Crippen LogP contribution in [0.3, 0.4) is 0 Å². The number of pyridine rings is 1. The molecule has 1 aromatic heterocycles. The van der Waals surface area contributed by atoms with Gasteiger partial charge in [-0.15, -0.1) is 13.2 Å². The van der Waals surface area contributed by atoms with Crippen molar-refractivity contribution in [1.29, 1.82) is 0 Å². The zero-order valence-electron chi connectivity index (χ0n) is 21.3. The van der Waals surface area contributed by atoms with Crippen LogP contribution in [0.15, 0.2) is 60.7 Å². The number of carbonyl (C=O) groups excluding carboxylic acids is 1. The van der Waals surface area contributed by atoms with E-state index < -0.39 is 18.6 Å². The van der Waals surface area contributed by atoms with E-state index in [1.165, 1.54) is 19.2 Å². The van der Waals surface area contributed by atoms with Crippen molar-refractivity contribution in [3.8, 4) is 39.9 Å². The van der Waals surface area contributed by atoms with Crippen LogP contribution in [0.4, 0.5) is 18.0 Å². The van der Waals surface area contributed by atoms with Crippen LogP contribution in [0.25, 0.3) is 22.0 Å². The smallest absolute Gasteiger partial charge is 0.495 e. The Morgan fingerprint density at radius 1 is 0.949 bits per heavy atom. The lowest BCUT2D eigenvalue weighted by molar-refractivity contribution is -0.274. The Hall–Kier alpha value is -4.18. The second-order valence-electron chi connectivity index (χ2n) is 8.57. The van der Waals surface area contributed by atoms with Crippen molar-refractivity contribution in [2.24, 2.45) is 0 Å². The Balaban J connectivity index is 1.69. The first-order chi connectivity index (χ1) is 18.4. The van der Waals surface area contributed by atoms with E-state index in [-0.39, 0.29) is 11.5 Å². The molecule has 0 N–H and O–H groups in total. The molecule has 4 aromatic rings. The quantitative estimate of drug-likeness (QED) is 0.209. The Labute approximate surface area is 227 Å². The lowest BCUT2D eigenvalue weighted by Gasteiger charge is -2.17. The lowest BCUT2D eigenvalue weighted by atomic mass is 10.00. The highest BCUT2D eigenvalue weighted by molar-refractivity contribution is 6.33. The molecule has 3 aromatic carbocycles. The van der Waals surface area contributed by atoms with Gasteiger partial charge in [-0.1, -0.05) is 23.7 Å². The number of carbonyl (C=O) groups is 1. The maximum atomic E-state index is 12.5. The largest absolute Gasteiger partial charge is 0.573 e. The molecule has 1 heterocycles. The second kappa shape index (κ2) is 11.3. The number of aromatic nitrogens is 1. The first kappa shape index (κ1) is 27.8. The van der Waals surface area contributed by atoms with Gasteiger partial charge in [0.25, 0.3) is 0 Å². The SMILES string of the molecule is COc1cc2nc(C)c(-c3ccc(Oc4ccc(OC(F)(F)F)cc4)cc3)c(OC(=O)OC(C)C)c2cc1Cl. The van der Waals surface area contributed by atoms with E-state index in [0.717, 1.165) is 12.1 Å². The fraction of sp³-hybridized carbons (Fsp3) is 0.214. The number of fused-ring (bicyclic) bond motifs is 1. The van der Waals surface area contributed by atoms with Crippen molar-refractivity contribution < 1.29 is 41.7 Å². The van der Waals surface area contributed by atoms with Gasteiger partial charge < -0.3 is 23.7 Å². The fourth-order valence-electron chi connectivity index (χ4n) is 3.79. The zero-order valence-corrected chi connectivity index (χ0v) is 22.0. The molecule has 0 amide bonds. The topological polar surface area (TPSA) is 76.1 Å². The number of rotatable bonds is 7. The lowest BCUT2D eigenvalue weighted by Crippen LogP contribution is -2.16. The Morgan fingerprint density at radius 2 is 1.54 bits per heavy atom. The molecule has 0 spiro atoms. The van der Waals surface area contributed by atoms with Gasteiger partial charge in [-0.05, 0) is 68.8 Å². The minimum Gasteiger partial charge on any atom is -0.495 e. The van der Waals surface area contributed by atoms with Crippen LogP contribution in [0, 0.1) is 6.92 Å². The standard InChI is InChI=1S/C28H23ClF3NO6/c1-15(2)36-27(34)38-26-21-13-22(29)24(35-4)14-23(21)33-16(3)25(26)17-5-7-18(8-6-17)37-19-9-11-20(12-10-19)39-28(30,31)32/h5-15H,1-4H3. The van der Waals surface area contributed by atoms with Crippen molar-refractivity contribution in [3.05, 3.63) is 71.4 Å². The van der Waals surface area contributed by atoms with Gasteiger partial charge in [0.05, 0.1) is 23.8 Å². The average Bonchev–Trinajstić information content (AvgIpc) is 2.85. The average molecular weight is 562 g/mol. The minimum absolute atomic E-state index is 0.210. The molecule has 0 aliphatic rings. The molecule has 39 heavy (non-hydrogen) atoms. The first-order valence-electron chi connectivity index (χ1n) is 11.6. The predicted molar refractivity (Wildman–Crippen MR) is 139 cm³/mol. The molecule has 0 saturated heterocycles. The molecule has 4 rings (SSSR count). The number of hydrogen-bond acceptors (Lipinski definition) is 7. The van der Waals surface area contributed by atoms with Gasteiger partial charge in [-0.2, -0.15) is 0 Å². The van der Waals surface area contributed by atoms with Crippen molar-refractivity contribution >= 4 is 28.7 Å². The maximum Gasteiger partial charge on any atom is 0.573 e. The summed E-state index contributed by atoms with van der Waals surface area (Å²) in [7, 11) is 1.49. The van der Waals surface area contributed by atoms with E-state index in [9.17, 15) is 18.0 Å². The molecule has 7 nitrogen and oxygen atoms in total. The molecule has 11 heteroatoms. The molecular formula is C28H23ClF3NO6. The van der Waals surface area contributed by atoms with Gasteiger partial charge in [0.2, 0.25) is 0 Å². The van der Waals surface area contributed by atoms with Gasteiger partial charge >= 0.3 is 12.5 Å². The summed E-state index contributed by atoms with van der Waals surface area (Å²) in [5.74, 6) is 1.00. The number of methoxy groups -OCH3 is 1. The number of alkyl halides is 3.